The first-order chi connectivity index (χ1) is 9.02. The first-order valence-corrected chi connectivity index (χ1v) is 6.42. The second-order valence-electron chi connectivity index (χ2n) is 4.65. The van der Waals surface area contributed by atoms with Crippen molar-refractivity contribution in [2.75, 3.05) is 6.54 Å². The highest BCUT2D eigenvalue weighted by molar-refractivity contribution is 5.81. The van der Waals surface area contributed by atoms with Gasteiger partial charge in [0.25, 0.3) is 0 Å². The fourth-order valence-electron chi connectivity index (χ4n) is 1.86. The van der Waals surface area contributed by atoms with Crippen molar-refractivity contribution in [3.8, 4) is 0 Å². The van der Waals surface area contributed by atoms with E-state index in [9.17, 15) is 9.18 Å². The number of amides is 1. The van der Waals surface area contributed by atoms with E-state index in [0.29, 0.717) is 6.54 Å². The Hall–Kier alpha value is -1.68. The Balaban J connectivity index is 2.41. The van der Waals surface area contributed by atoms with Crippen LogP contribution >= 0.6 is 0 Å². The van der Waals surface area contributed by atoms with Crippen LogP contribution in [0.1, 0.15) is 19.4 Å². The summed E-state index contributed by atoms with van der Waals surface area (Å²) in [4.78, 5) is 11.7. The molecular formula is C15H21FN2O. The fraction of sp³-hybridized carbons (Fsp3) is 0.400. The minimum absolute atomic E-state index is 0.0501. The number of carbonyl (C=O) groups excluding carboxylic acids is 1. The van der Waals surface area contributed by atoms with Crippen LogP contribution in [0.25, 0.3) is 0 Å². The predicted molar refractivity (Wildman–Crippen MR) is 75.4 cm³/mol. The summed E-state index contributed by atoms with van der Waals surface area (Å²) in [6.07, 6.45) is 2.39. The monoisotopic (exact) mass is 264 g/mol. The molecular weight excluding hydrogens is 243 g/mol. The van der Waals surface area contributed by atoms with Crippen LogP contribution in [0.4, 0.5) is 4.39 Å². The lowest BCUT2D eigenvalue weighted by Crippen LogP contribution is -2.46. The predicted octanol–water partition coefficient (Wildman–Crippen LogP) is 2.04. The molecule has 2 N–H and O–H groups in total. The summed E-state index contributed by atoms with van der Waals surface area (Å²) in [5, 5.41) is 5.95. The minimum atomic E-state index is -0.268. The summed E-state index contributed by atoms with van der Waals surface area (Å²) in [5.41, 5.74) is 1.04. The Kier molecular flexibility index (Phi) is 6.22. The molecule has 2 atom stereocenters. The third-order valence-electron chi connectivity index (χ3n) is 2.80. The first-order valence-electron chi connectivity index (χ1n) is 6.42. The average molecular weight is 264 g/mol. The largest absolute Gasteiger partial charge is 0.351 e. The van der Waals surface area contributed by atoms with E-state index in [0.717, 1.165) is 12.0 Å². The second-order valence-corrected chi connectivity index (χ2v) is 4.65. The van der Waals surface area contributed by atoms with E-state index in [2.05, 4.69) is 17.2 Å². The molecule has 4 heteroatoms. The van der Waals surface area contributed by atoms with Gasteiger partial charge in [-0.2, -0.15) is 0 Å². The van der Waals surface area contributed by atoms with Gasteiger partial charge in [-0.05, 0) is 38.0 Å². The number of nitrogens with one attached hydrogen (secondary N) is 2. The van der Waals surface area contributed by atoms with Crippen LogP contribution in [-0.4, -0.2) is 24.5 Å². The average Bonchev–Trinajstić information content (AvgIpc) is 2.38. The van der Waals surface area contributed by atoms with Crippen molar-refractivity contribution in [1.29, 1.82) is 0 Å². The number of carbonyl (C=O) groups is 1. The van der Waals surface area contributed by atoms with Crippen LogP contribution in [0.2, 0.25) is 0 Å². The zero-order chi connectivity index (χ0) is 14.3. The summed E-state index contributed by atoms with van der Waals surface area (Å²) < 4.78 is 12.8. The van der Waals surface area contributed by atoms with E-state index in [1.165, 1.54) is 12.1 Å². The van der Waals surface area contributed by atoms with E-state index in [1.54, 1.807) is 18.2 Å². The van der Waals surface area contributed by atoms with Gasteiger partial charge in [0.1, 0.15) is 5.82 Å². The zero-order valence-corrected chi connectivity index (χ0v) is 11.4. The smallest absolute Gasteiger partial charge is 0.237 e. The summed E-state index contributed by atoms with van der Waals surface area (Å²) in [5.74, 6) is -0.285. The molecule has 0 bridgehead atoms. The maximum atomic E-state index is 12.8. The molecule has 104 valence electrons. The molecule has 0 radical (unpaired) electrons. The van der Waals surface area contributed by atoms with Crippen LogP contribution < -0.4 is 10.6 Å². The molecule has 0 saturated heterocycles. The van der Waals surface area contributed by atoms with Gasteiger partial charge in [-0.3, -0.25) is 4.79 Å². The van der Waals surface area contributed by atoms with Gasteiger partial charge >= 0.3 is 0 Å². The van der Waals surface area contributed by atoms with Crippen molar-refractivity contribution in [3.05, 3.63) is 48.3 Å². The highest BCUT2D eigenvalue weighted by Gasteiger charge is 2.14. The van der Waals surface area contributed by atoms with Crippen LogP contribution in [0.15, 0.2) is 36.9 Å². The van der Waals surface area contributed by atoms with Crippen molar-refractivity contribution in [2.45, 2.75) is 32.4 Å². The maximum absolute atomic E-state index is 12.8. The number of hydrogen-bond acceptors (Lipinski definition) is 2. The summed E-state index contributed by atoms with van der Waals surface area (Å²) >= 11 is 0. The van der Waals surface area contributed by atoms with Gasteiger partial charge in [-0.15, -0.1) is 6.58 Å². The summed E-state index contributed by atoms with van der Waals surface area (Å²) in [6, 6.07) is 6.28. The molecule has 0 fully saturated rings. The van der Waals surface area contributed by atoms with E-state index in [4.69, 9.17) is 0 Å². The molecule has 0 spiro atoms. The van der Waals surface area contributed by atoms with Crippen LogP contribution in [-0.2, 0) is 11.2 Å². The number of halogens is 1. The Morgan fingerprint density at radius 1 is 1.37 bits per heavy atom. The topological polar surface area (TPSA) is 41.1 Å². The second kappa shape index (κ2) is 7.69. The van der Waals surface area contributed by atoms with Crippen LogP contribution in [0, 0.1) is 5.82 Å². The standard InChI is InChI=1S/C15H21FN2O/c1-4-9-17-15(19)12(3)18-11(2)10-13-5-7-14(16)8-6-13/h4-8,11-12,18H,1,9-10H2,2-3H3,(H,17,19). The van der Waals surface area contributed by atoms with Gasteiger partial charge < -0.3 is 10.6 Å². The molecule has 1 aromatic carbocycles. The fourth-order valence-corrected chi connectivity index (χ4v) is 1.86. The minimum Gasteiger partial charge on any atom is -0.351 e. The van der Waals surface area contributed by atoms with Gasteiger partial charge in [-0.1, -0.05) is 18.2 Å². The Bertz CT molecular complexity index is 417. The number of benzene rings is 1. The molecule has 0 aliphatic heterocycles. The molecule has 1 aromatic rings. The third-order valence-corrected chi connectivity index (χ3v) is 2.80. The molecule has 0 aliphatic rings. The highest BCUT2D eigenvalue weighted by Crippen LogP contribution is 2.06. The zero-order valence-electron chi connectivity index (χ0n) is 11.4. The molecule has 0 heterocycles. The number of rotatable bonds is 7. The van der Waals surface area contributed by atoms with Gasteiger partial charge in [0.15, 0.2) is 0 Å². The van der Waals surface area contributed by atoms with Crippen molar-refractivity contribution in [1.82, 2.24) is 10.6 Å². The lowest BCUT2D eigenvalue weighted by atomic mass is 10.1. The van der Waals surface area contributed by atoms with E-state index in [-0.39, 0.29) is 23.8 Å². The van der Waals surface area contributed by atoms with Crippen LogP contribution in [0.3, 0.4) is 0 Å². The lowest BCUT2D eigenvalue weighted by molar-refractivity contribution is -0.122. The Morgan fingerprint density at radius 3 is 2.58 bits per heavy atom. The first kappa shape index (κ1) is 15.4. The van der Waals surface area contributed by atoms with E-state index >= 15 is 0 Å². The third kappa shape index (κ3) is 5.66. The van der Waals surface area contributed by atoms with E-state index in [1.807, 2.05) is 13.8 Å². The Labute approximate surface area is 113 Å². The molecule has 0 saturated carbocycles. The Morgan fingerprint density at radius 2 is 2.00 bits per heavy atom. The molecule has 1 rings (SSSR count). The number of hydrogen-bond donors (Lipinski definition) is 2. The van der Waals surface area contributed by atoms with Crippen molar-refractivity contribution >= 4 is 5.91 Å². The molecule has 2 unspecified atom stereocenters. The lowest BCUT2D eigenvalue weighted by Gasteiger charge is -2.19. The van der Waals surface area contributed by atoms with E-state index < -0.39 is 0 Å². The molecule has 0 aliphatic carbocycles. The molecule has 0 aromatic heterocycles. The van der Waals surface area contributed by atoms with Gasteiger partial charge in [0.2, 0.25) is 5.91 Å². The quantitative estimate of drug-likeness (QED) is 0.740. The van der Waals surface area contributed by atoms with Gasteiger partial charge in [0.05, 0.1) is 6.04 Å². The van der Waals surface area contributed by atoms with Gasteiger partial charge in [0, 0.05) is 12.6 Å². The highest BCUT2D eigenvalue weighted by atomic mass is 19.1. The molecule has 3 nitrogen and oxygen atoms in total. The van der Waals surface area contributed by atoms with Crippen molar-refractivity contribution in [3.63, 3.8) is 0 Å². The SMILES string of the molecule is C=CCNC(=O)C(C)NC(C)Cc1ccc(F)cc1. The van der Waals surface area contributed by atoms with Crippen molar-refractivity contribution in [2.24, 2.45) is 0 Å². The van der Waals surface area contributed by atoms with Crippen molar-refractivity contribution < 1.29 is 9.18 Å². The summed E-state index contributed by atoms with van der Waals surface area (Å²) in [6.45, 7) is 7.84. The van der Waals surface area contributed by atoms with Gasteiger partial charge in [-0.25, -0.2) is 4.39 Å². The van der Waals surface area contributed by atoms with Crippen LogP contribution in [0.5, 0.6) is 0 Å². The maximum Gasteiger partial charge on any atom is 0.237 e. The molecule has 1 amide bonds. The molecule has 19 heavy (non-hydrogen) atoms. The normalized spacial score (nSPS) is 13.6. The summed E-state index contributed by atoms with van der Waals surface area (Å²) in [7, 11) is 0.